The van der Waals surface area contributed by atoms with Gasteiger partial charge in [0.05, 0.1) is 0 Å². The number of halogens is 5. The smallest absolute Gasteiger partial charge is 0.194 e. The third kappa shape index (κ3) is 6.14. The van der Waals surface area contributed by atoms with Gasteiger partial charge in [-0.25, -0.2) is 22.0 Å². The Bertz CT molecular complexity index is 1220. The molecule has 3 rings (SSSR count). The molecule has 5 heteroatoms. The molecule has 176 valence electrons. The summed E-state index contributed by atoms with van der Waals surface area (Å²) in [5.74, 6) is -1.51. The molecule has 3 aromatic rings. The predicted molar refractivity (Wildman–Crippen MR) is 127 cm³/mol. The van der Waals surface area contributed by atoms with Gasteiger partial charge in [0.1, 0.15) is 0 Å². The summed E-state index contributed by atoms with van der Waals surface area (Å²) in [5.41, 5.74) is 2.67. The molecule has 3 aromatic carbocycles. The van der Waals surface area contributed by atoms with Crippen molar-refractivity contribution in [2.24, 2.45) is 0 Å². The Labute approximate surface area is 197 Å². The first-order valence-electron chi connectivity index (χ1n) is 11.3. The molecule has 0 nitrogen and oxygen atoms in total. The fourth-order valence-electron chi connectivity index (χ4n) is 3.55. The minimum atomic E-state index is -1.74. The first-order chi connectivity index (χ1) is 16.3. The van der Waals surface area contributed by atoms with Crippen molar-refractivity contribution in [3.8, 4) is 11.8 Å². The fraction of sp³-hybridized carbons (Fsp3) is 0.241. The first-order valence-corrected chi connectivity index (χ1v) is 11.3. The van der Waals surface area contributed by atoms with Crippen LogP contribution in [0.15, 0.2) is 54.6 Å². The molecule has 0 aromatic heterocycles. The van der Waals surface area contributed by atoms with Gasteiger partial charge < -0.3 is 0 Å². The first kappa shape index (κ1) is 25.2. The molecule has 0 saturated carbocycles. The molecule has 0 heterocycles. The topological polar surface area (TPSA) is 0 Å². The summed E-state index contributed by atoms with van der Waals surface area (Å²) in [6.45, 7) is 4.03. The van der Waals surface area contributed by atoms with Crippen molar-refractivity contribution in [1.82, 2.24) is 0 Å². The quantitative estimate of drug-likeness (QED) is 0.107. The summed E-state index contributed by atoms with van der Waals surface area (Å²) in [5, 5.41) is 0. The molecule has 0 radical (unpaired) electrons. The Balaban J connectivity index is 1.84. The summed E-state index contributed by atoms with van der Waals surface area (Å²) in [4.78, 5) is 0. The number of aryl methyl sites for hydroxylation is 2. The van der Waals surface area contributed by atoms with Crippen LogP contribution in [0.4, 0.5) is 22.0 Å². The van der Waals surface area contributed by atoms with Gasteiger partial charge in [-0.3, -0.25) is 0 Å². The van der Waals surface area contributed by atoms with E-state index in [-0.39, 0.29) is 5.56 Å². The van der Waals surface area contributed by atoms with Crippen LogP contribution in [-0.4, -0.2) is 0 Å². The van der Waals surface area contributed by atoms with E-state index in [0.29, 0.717) is 29.7 Å². The predicted octanol–water partition coefficient (Wildman–Crippen LogP) is 8.56. The lowest BCUT2D eigenvalue weighted by Gasteiger charge is -2.07. The van der Waals surface area contributed by atoms with Crippen LogP contribution < -0.4 is 0 Å². The number of benzene rings is 3. The van der Waals surface area contributed by atoms with Crippen molar-refractivity contribution in [2.45, 2.75) is 46.0 Å². The van der Waals surface area contributed by atoms with Gasteiger partial charge >= 0.3 is 0 Å². The van der Waals surface area contributed by atoms with Gasteiger partial charge in [-0.1, -0.05) is 56.7 Å². The van der Waals surface area contributed by atoms with Gasteiger partial charge in [0.15, 0.2) is 29.1 Å². The molecule has 0 spiro atoms. The molecule has 0 fully saturated rings. The van der Waals surface area contributed by atoms with Crippen LogP contribution in [0.5, 0.6) is 0 Å². The van der Waals surface area contributed by atoms with Gasteiger partial charge in [0.2, 0.25) is 0 Å². The maximum atomic E-state index is 14.8. The molecular weight excluding hydrogens is 443 g/mol. The van der Waals surface area contributed by atoms with E-state index in [4.69, 9.17) is 0 Å². The number of hydrogen-bond donors (Lipinski definition) is 0. The maximum Gasteiger partial charge on any atom is 0.194 e. The molecule has 0 unspecified atom stereocenters. The summed E-state index contributed by atoms with van der Waals surface area (Å²) in [7, 11) is 0. The van der Waals surface area contributed by atoms with E-state index < -0.39 is 34.7 Å². The zero-order valence-electron chi connectivity index (χ0n) is 19.1. The van der Waals surface area contributed by atoms with Gasteiger partial charge in [-0.2, -0.15) is 0 Å². The van der Waals surface area contributed by atoms with Crippen LogP contribution in [-0.2, 0) is 12.8 Å². The summed E-state index contributed by atoms with van der Waals surface area (Å²) < 4.78 is 69.3. The van der Waals surface area contributed by atoms with Crippen LogP contribution in [0.25, 0.3) is 11.7 Å². The number of unbranched alkanes of at least 4 members (excludes halogenated alkanes) is 2. The third-order valence-electron chi connectivity index (χ3n) is 5.53. The van der Waals surface area contributed by atoms with Crippen molar-refractivity contribution < 1.29 is 22.0 Å². The highest BCUT2D eigenvalue weighted by atomic mass is 19.2. The van der Waals surface area contributed by atoms with Crippen molar-refractivity contribution in [2.75, 3.05) is 0 Å². The Morgan fingerprint density at radius 2 is 1.38 bits per heavy atom. The molecule has 0 N–H and O–H groups in total. The van der Waals surface area contributed by atoms with Crippen LogP contribution in [0.1, 0.15) is 66.5 Å². The molecule has 0 bridgehead atoms. The maximum absolute atomic E-state index is 14.8. The Morgan fingerprint density at radius 1 is 0.735 bits per heavy atom. The highest BCUT2D eigenvalue weighted by Crippen LogP contribution is 2.31. The lowest BCUT2D eigenvalue weighted by Crippen LogP contribution is -1.95. The van der Waals surface area contributed by atoms with Gasteiger partial charge in [-0.15, -0.1) is 0 Å². The molecule has 0 amide bonds. The zero-order chi connectivity index (χ0) is 24.7. The molecular formula is C29H25F5. The minimum Gasteiger partial charge on any atom is -0.204 e. The summed E-state index contributed by atoms with van der Waals surface area (Å²) >= 11 is 0. The average molecular weight is 469 g/mol. The van der Waals surface area contributed by atoms with Crippen LogP contribution in [0.3, 0.4) is 0 Å². The monoisotopic (exact) mass is 468 g/mol. The lowest BCUT2D eigenvalue weighted by atomic mass is 10.00. The lowest BCUT2D eigenvalue weighted by molar-refractivity contribution is 0.446. The molecule has 0 saturated heterocycles. The van der Waals surface area contributed by atoms with Gasteiger partial charge in [0, 0.05) is 22.3 Å². The normalized spacial score (nSPS) is 11.6. The van der Waals surface area contributed by atoms with Crippen molar-refractivity contribution in [3.05, 3.63) is 105 Å². The van der Waals surface area contributed by atoms with Crippen LogP contribution in [0.2, 0.25) is 0 Å². The fourth-order valence-corrected chi connectivity index (χ4v) is 3.55. The van der Waals surface area contributed by atoms with E-state index in [2.05, 4.69) is 30.9 Å². The highest BCUT2D eigenvalue weighted by molar-refractivity contribution is 5.83. The van der Waals surface area contributed by atoms with Crippen LogP contribution >= 0.6 is 0 Å². The summed E-state index contributed by atoms with van der Waals surface area (Å²) in [6.07, 6.45) is 5.09. The van der Waals surface area contributed by atoms with Crippen molar-refractivity contribution >= 4 is 11.7 Å². The van der Waals surface area contributed by atoms with Gasteiger partial charge in [0.25, 0.3) is 0 Å². The average Bonchev–Trinajstić information content (AvgIpc) is 2.85. The third-order valence-corrected chi connectivity index (χ3v) is 5.53. The SMILES string of the molecule is CCCCCc1ccc(C#Cc2ccc(/C(F)=C(\F)c3cc(F)c(F)c(F)c3)cc2CC)cc1. The van der Waals surface area contributed by atoms with E-state index >= 15 is 0 Å². The largest absolute Gasteiger partial charge is 0.204 e. The van der Waals surface area contributed by atoms with Gasteiger partial charge in [-0.05, 0) is 66.8 Å². The second-order valence-electron chi connectivity index (χ2n) is 8.01. The zero-order valence-corrected chi connectivity index (χ0v) is 19.1. The number of hydrogen-bond acceptors (Lipinski definition) is 0. The van der Waals surface area contributed by atoms with E-state index in [1.54, 1.807) is 6.07 Å². The van der Waals surface area contributed by atoms with E-state index in [1.807, 2.05) is 19.1 Å². The molecule has 0 aliphatic heterocycles. The minimum absolute atomic E-state index is 0.0959. The molecule has 0 atom stereocenters. The Kier molecular flexibility index (Phi) is 8.65. The standard InChI is InChI=1S/C29H25F5/c1-3-5-6-7-19-8-10-20(11-9-19)12-13-22-14-15-23(16-21(22)4-2)27(32)28(33)24-17-25(30)29(34)26(31)18-24/h8-11,14-18H,3-7H2,1-2H3/b28-27+. The number of rotatable bonds is 7. The molecule has 0 aliphatic carbocycles. The molecule has 0 aliphatic rings. The Hall–Kier alpha value is -3.39. The highest BCUT2D eigenvalue weighted by Gasteiger charge is 2.17. The summed E-state index contributed by atoms with van der Waals surface area (Å²) in [6, 6.07) is 13.3. The van der Waals surface area contributed by atoms with E-state index in [9.17, 15) is 22.0 Å². The second-order valence-corrected chi connectivity index (χ2v) is 8.01. The van der Waals surface area contributed by atoms with E-state index in [1.165, 1.54) is 30.5 Å². The molecule has 34 heavy (non-hydrogen) atoms. The van der Waals surface area contributed by atoms with Crippen LogP contribution in [0, 0.1) is 29.3 Å². The van der Waals surface area contributed by atoms with E-state index in [0.717, 1.165) is 18.4 Å². The van der Waals surface area contributed by atoms with Crippen molar-refractivity contribution in [3.63, 3.8) is 0 Å². The van der Waals surface area contributed by atoms with Crippen molar-refractivity contribution in [1.29, 1.82) is 0 Å². The second kappa shape index (κ2) is 11.7. The Morgan fingerprint density at radius 3 is 2.00 bits per heavy atom.